The van der Waals surface area contributed by atoms with Crippen molar-refractivity contribution in [3.05, 3.63) is 18.5 Å². The van der Waals surface area contributed by atoms with E-state index in [4.69, 9.17) is 0 Å². The topological polar surface area (TPSA) is 83.8 Å². The predicted molar refractivity (Wildman–Crippen MR) is 62.5 cm³/mol. The van der Waals surface area contributed by atoms with Crippen molar-refractivity contribution in [2.45, 2.75) is 19.4 Å². The molecule has 3 heterocycles. The van der Waals surface area contributed by atoms with Crippen molar-refractivity contribution in [3.8, 4) is 0 Å². The Morgan fingerprint density at radius 2 is 2.29 bits per heavy atom. The number of hydrogen-bond donors (Lipinski definition) is 2. The lowest BCUT2D eigenvalue weighted by atomic mass is 10.2. The Morgan fingerprint density at radius 3 is 3.06 bits per heavy atom. The minimum absolute atomic E-state index is 0.173. The summed E-state index contributed by atoms with van der Waals surface area (Å²) in [5.74, 6) is 0.869. The number of aromatic amines is 1. The van der Waals surface area contributed by atoms with Gasteiger partial charge in [0.25, 0.3) is 0 Å². The first-order chi connectivity index (χ1) is 8.35. The van der Waals surface area contributed by atoms with Gasteiger partial charge in [0.15, 0.2) is 17.1 Å². The van der Waals surface area contributed by atoms with Crippen LogP contribution in [0.1, 0.15) is 25.2 Å². The summed E-state index contributed by atoms with van der Waals surface area (Å²) in [5.41, 5.74) is 2.24. The highest BCUT2D eigenvalue weighted by Gasteiger charge is 2.16. The zero-order valence-corrected chi connectivity index (χ0v) is 9.68. The first kappa shape index (κ1) is 10.2. The Bertz CT molecular complexity index is 649. The van der Waals surface area contributed by atoms with Gasteiger partial charge in [0.1, 0.15) is 11.8 Å². The summed E-state index contributed by atoms with van der Waals surface area (Å²) in [6, 6.07) is 0.173. The molecule has 3 aromatic heterocycles. The average Bonchev–Trinajstić information content (AvgIpc) is 2.95. The maximum atomic E-state index is 4.27. The standard InChI is InChI=1S/C10H13N7/c1-3-6(11-2)9-15-16-10-7-8(13-4-12-7)14-5-17(9)10/h4-6,11H,3H2,1-2H3,(H,12,13). The maximum absolute atomic E-state index is 4.27. The van der Waals surface area contributed by atoms with E-state index in [2.05, 4.69) is 37.4 Å². The van der Waals surface area contributed by atoms with Crippen molar-refractivity contribution < 1.29 is 0 Å². The number of hydrogen-bond acceptors (Lipinski definition) is 5. The van der Waals surface area contributed by atoms with E-state index in [9.17, 15) is 0 Å². The molecule has 0 bridgehead atoms. The van der Waals surface area contributed by atoms with E-state index in [1.165, 1.54) is 0 Å². The molecule has 0 saturated heterocycles. The summed E-state index contributed by atoms with van der Waals surface area (Å²) < 4.78 is 1.89. The van der Waals surface area contributed by atoms with Gasteiger partial charge in [0, 0.05) is 0 Å². The second kappa shape index (κ2) is 3.77. The fourth-order valence-corrected chi connectivity index (χ4v) is 2.00. The molecule has 0 aliphatic rings. The van der Waals surface area contributed by atoms with Gasteiger partial charge < -0.3 is 10.3 Å². The Morgan fingerprint density at radius 1 is 1.41 bits per heavy atom. The Balaban J connectivity index is 2.28. The molecule has 7 heteroatoms. The normalized spacial score (nSPS) is 13.5. The highest BCUT2D eigenvalue weighted by Crippen LogP contribution is 2.18. The van der Waals surface area contributed by atoms with E-state index in [1.54, 1.807) is 12.7 Å². The van der Waals surface area contributed by atoms with Gasteiger partial charge in [-0.3, -0.25) is 4.40 Å². The van der Waals surface area contributed by atoms with E-state index in [0.717, 1.165) is 23.4 Å². The van der Waals surface area contributed by atoms with Crippen molar-refractivity contribution in [3.63, 3.8) is 0 Å². The van der Waals surface area contributed by atoms with Gasteiger partial charge in [0.2, 0.25) is 0 Å². The Kier molecular flexibility index (Phi) is 2.25. The lowest BCUT2D eigenvalue weighted by molar-refractivity contribution is 0.538. The van der Waals surface area contributed by atoms with E-state index in [1.807, 2.05) is 11.4 Å². The number of rotatable bonds is 3. The Hall–Kier alpha value is -2.02. The van der Waals surface area contributed by atoms with E-state index in [-0.39, 0.29) is 6.04 Å². The van der Waals surface area contributed by atoms with Crippen LogP contribution in [0.5, 0.6) is 0 Å². The summed E-state index contributed by atoms with van der Waals surface area (Å²) in [4.78, 5) is 11.4. The molecular formula is C10H13N7. The van der Waals surface area contributed by atoms with Crippen LogP contribution in [0.2, 0.25) is 0 Å². The molecule has 0 fully saturated rings. The summed E-state index contributed by atoms with van der Waals surface area (Å²) in [6.45, 7) is 2.10. The zero-order valence-electron chi connectivity index (χ0n) is 9.68. The van der Waals surface area contributed by atoms with Crippen molar-refractivity contribution in [2.75, 3.05) is 7.05 Å². The molecule has 3 rings (SSSR count). The highest BCUT2D eigenvalue weighted by atomic mass is 15.3. The second-order valence-electron chi connectivity index (χ2n) is 3.85. The second-order valence-corrected chi connectivity index (χ2v) is 3.85. The van der Waals surface area contributed by atoms with Crippen LogP contribution in [-0.2, 0) is 0 Å². The predicted octanol–water partition coefficient (Wildman–Crippen LogP) is 0.671. The summed E-state index contributed by atoms with van der Waals surface area (Å²) in [7, 11) is 1.91. The van der Waals surface area contributed by atoms with E-state index >= 15 is 0 Å². The number of nitrogens with one attached hydrogen (secondary N) is 2. The van der Waals surface area contributed by atoms with Crippen molar-refractivity contribution in [2.24, 2.45) is 0 Å². The molecular weight excluding hydrogens is 218 g/mol. The number of fused-ring (bicyclic) bond motifs is 3. The first-order valence-corrected chi connectivity index (χ1v) is 5.55. The van der Waals surface area contributed by atoms with Gasteiger partial charge in [-0.2, -0.15) is 0 Å². The lowest BCUT2D eigenvalue weighted by Crippen LogP contribution is -2.18. The third-order valence-corrected chi connectivity index (χ3v) is 2.93. The smallest absolute Gasteiger partial charge is 0.189 e. The molecule has 2 N–H and O–H groups in total. The summed E-state index contributed by atoms with van der Waals surface area (Å²) >= 11 is 0. The van der Waals surface area contributed by atoms with Crippen LogP contribution in [0.4, 0.5) is 0 Å². The molecule has 0 aliphatic heterocycles. The van der Waals surface area contributed by atoms with Gasteiger partial charge >= 0.3 is 0 Å². The van der Waals surface area contributed by atoms with Crippen molar-refractivity contribution >= 4 is 16.8 Å². The van der Waals surface area contributed by atoms with Gasteiger partial charge in [0.05, 0.1) is 12.4 Å². The van der Waals surface area contributed by atoms with E-state index in [0.29, 0.717) is 5.65 Å². The number of nitrogens with zero attached hydrogens (tertiary/aromatic N) is 5. The lowest BCUT2D eigenvalue weighted by Gasteiger charge is -2.10. The molecule has 1 atom stereocenters. The van der Waals surface area contributed by atoms with Crippen LogP contribution in [0.15, 0.2) is 12.7 Å². The van der Waals surface area contributed by atoms with Crippen molar-refractivity contribution in [1.82, 2.24) is 34.9 Å². The molecule has 7 nitrogen and oxygen atoms in total. The summed E-state index contributed by atoms with van der Waals surface area (Å²) in [6.07, 6.45) is 4.27. The molecule has 0 aromatic carbocycles. The fourth-order valence-electron chi connectivity index (χ4n) is 2.00. The largest absolute Gasteiger partial charge is 0.340 e. The highest BCUT2D eigenvalue weighted by molar-refractivity contribution is 5.84. The molecule has 0 aliphatic carbocycles. The van der Waals surface area contributed by atoms with Crippen LogP contribution >= 0.6 is 0 Å². The monoisotopic (exact) mass is 231 g/mol. The van der Waals surface area contributed by atoms with Crippen LogP contribution < -0.4 is 5.32 Å². The van der Waals surface area contributed by atoms with Crippen molar-refractivity contribution in [1.29, 1.82) is 0 Å². The quantitative estimate of drug-likeness (QED) is 0.692. The van der Waals surface area contributed by atoms with E-state index < -0.39 is 0 Å². The van der Waals surface area contributed by atoms with Gasteiger partial charge in [-0.25, -0.2) is 9.97 Å². The molecule has 0 amide bonds. The molecule has 1 unspecified atom stereocenters. The zero-order chi connectivity index (χ0) is 11.8. The maximum Gasteiger partial charge on any atom is 0.189 e. The van der Waals surface area contributed by atoms with Crippen LogP contribution in [0, 0.1) is 0 Å². The van der Waals surface area contributed by atoms with Gasteiger partial charge in [-0.15, -0.1) is 10.2 Å². The molecule has 88 valence electrons. The minimum atomic E-state index is 0.173. The minimum Gasteiger partial charge on any atom is -0.340 e. The third-order valence-electron chi connectivity index (χ3n) is 2.93. The van der Waals surface area contributed by atoms with Gasteiger partial charge in [-0.05, 0) is 13.5 Å². The van der Waals surface area contributed by atoms with Crippen LogP contribution in [0.25, 0.3) is 16.8 Å². The van der Waals surface area contributed by atoms with Crippen LogP contribution in [0.3, 0.4) is 0 Å². The molecule has 3 aromatic rings. The Labute approximate surface area is 97.3 Å². The molecule has 17 heavy (non-hydrogen) atoms. The third kappa shape index (κ3) is 1.39. The molecule has 0 saturated carbocycles. The molecule has 0 radical (unpaired) electrons. The average molecular weight is 231 g/mol. The fraction of sp³-hybridized carbons (Fsp3) is 0.400. The number of imidazole rings is 1. The first-order valence-electron chi connectivity index (χ1n) is 5.55. The summed E-state index contributed by atoms with van der Waals surface area (Å²) in [5, 5.41) is 11.6. The molecule has 0 spiro atoms. The SMILES string of the molecule is CCC(NC)c1nnc2c3[nH]cnc3ncn12. The number of aromatic nitrogens is 6. The van der Waals surface area contributed by atoms with Crippen LogP contribution in [-0.4, -0.2) is 36.6 Å². The number of H-pyrrole nitrogens is 1. The van der Waals surface area contributed by atoms with Gasteiger partial charge in [-0.1, -0.05) is 6.92 Å².